The van der Waals surface area contributed by atoms with Crippen LogP contribution in [0.1, 0.15) is 10.4 Å². The molecule has 7 nitrogen and oxygen atoms in total. The summed E-state index contributed by atoms with van der Waals surface area (Å²) in [6.07, 6.45) is 1.85. The Labute approximate surface area is 133 Å². The number of likely N-dealkylation sites (N-methyl/N-ethyl adjacent to an activating group) is 1. The van der Waals surface area contributed by atoms with Crippen molar-refractivity contribution in [2.24, 2.45) is 0 Å². The van der Waals surface area contributed by atoms with Gasteiger partial charge in [0.15, 0.2) is 0 Å². The van der Waals surface area contributed by atoms with Crippen LogP contribution in [0.5, 0.6) is 5.75 Å². The fraction of sp³-hybridized carbons (Fsp3) is 0.375. The molecule has 0 saturated carbocycles. The first kappa shape index (κ1) is 15.4. The third-order valence-electron chi connectivity index (χ3n) is 3.92. The third-order valence-corrected chi connectivity index (χ3v) is 3.92. The number of phenolic OH excluding ortho intramolecular Hbond substituents is 1. The SMILES string of the molecule is CN(C)CCc1cn(C(=O)C2COC(=O)N2)c2cccc(O)c12. The smallest absolute Gasteiger partial charge is 0.407 e. The quantitative estimate of drug-likeness (QED) is 0.885. The highest BCUT2D eigenvalue weighted by molar-refractivity contribution is 6.00. The highest BCUT2D eigenvalue weighted by Gasteiger charge is 2.31. The van der Waals surface area contributed by atoms with Crippen molar-refractivity contribution >= 4 is 22.9 Å². The van der Waals surface area contributed by atoms with Gasteiger partial charge in [0.1, 0.15) is 18.4 Å². The van der Waals surface area contributed by atoms with Gasteiger partial charge in [0.25, 0.3) is 5.91 Å². The number of fused-ring (bicyclic) bond motifs is 1. The van der Waals surface area contributed by atoms with Crippen LogP contribution in [0.25, 0.3) is 10.9 Å². The number of nitrogens with zero attached hydrogens (tertiary/aromatic N) is 2. The first-order chi connectivity index (χ1) is 11.0. The van der Waals surface area contributed by atoms with Gasteiger partial charge in [-0.3, -0.25) is 9.36 Å². The second-order valence-corrected chi connectivity index (χ2v) is 5.88. The summed E-state index contributed by atoms with van der Waals surface area (Å²) in [6, 6.07) is 4.38. The van der Waals surface area contributed by atoms with Gasteiger partial charge >= 0.3 is 6.09 Å². The molecule has 0 aliphatic carbocycles. The number of hydrogen-bond acceptors (Lipinski definition) is 5. The molecule has 0 spiro atoms. The molecule has 23 heavy (non-hydrogen) atoms. The topological polar surface area (TPSA) is 83.8 Å². The lowest BCUT2D eigenvalue weighted by Gasteiger charge is -2.08. The number of carbonyl (C=O) groups is 2. The van der Waals surface area contributed by atoms with E-state index in [9.17, 15) is 14.7 Å². The Morgan fingerprint density at radius 2 is 2.26 bits per heavy atom. The number of benzene rings is 1. The third kappa shape index (κ3) is 2.87. The number of phenols is 1. The molecule has 0 radical (unpaired) electrons. The summed E-state index contributed by atoms with van der Waals surface area (Å²) < 4.78 is 6.28. The van der Waals surface area contributed by atoms with Crippen molar-refractivity contribution in [3.05, 3.63) is 30.0 Å². The van der Waals surface area contributed by atoms with E-state index < -0.39 is 12.1 Å². The van der Waals surface area contributed by atoms with Crippen LogP contribution in [0.15, 0.2) is 24.4 Å². The minimum Gasteiger partial charge on any atom is -0.507 e. The molecule has 3 rings (SSSR count). The zero-order valence-corrected chi connectivity index (χ0v) is 13.1. The van der Waals surface area contributed by atoms with Crippen LogP contribution < -0.4 is 5.32 Å². The summed E-state index contributed by atoms with van der Waals surface area (Å²) in [4.78, 5) is 25.8. The highest BCUT2D eigenvalue weighted by atomic mass is 16.6. The molecule has 122 valence electrons. The predicted octanol–water partition coefficient (Wildman–Crippen LogP) is 1.20. The minimum absolute atomic E-state index is 0.0171. The minimum atomic E-state index is -0.706. The Morgan fingerprint density at radius 1 is 1.48 bits per heavy atom. The van der Waals surface area contributed by atoms with Gasteiger partial charge in [-0.1, -0.05) is 6.07 Å². The lowest BCUT2D eigenvalue weighted by Crippen LogP contribution is -2.37. The monoisotopic (exact) mass is 317 g/mol. The molecule has 1 aromatic heterocycles. The van der Waals surface area contributed by atoms with Crippen molar-refractivity contribution in [1.29, 1.82) is 0 Å². The van der Waals surface area contributed by atoms with Gasteiger partial charge in [-0.2, -0.15) is 0 Å². The zero-order valence-electron chi connectivity index (χ0n) is 13.1. The van der Waals surface area contributed by atoms with Crippen molar-refractivity contribution < 1.29 is 19.4 Å². The van der Waals surface area contributed by atoms with E-state index in [1.165, 1.54) is 4.57 Å². The molecule has 1 atom stereocenters. The number of carbonyl (C=O) groups excluding carboxylic acids is 2. The van der Waals surface area contributed by atoms with E-state index in [0.717, 1.165) is 12.1 Å². The average molecular weight is 317 g/mol. The number of alkyl carbamates (subject to hydrolysis) is 1. The van der Waals surface area contributed by atoms with Crippen molar-refractivity contribution in [1.82, 2.24) is 14.8 Å². The fourth-order valence-electron chi connectivity index (χ4n) is 2.75. The van der Waals surface area contributed by atoms with Crippen LogP contribution in [-0.4, -0.2) is 59.9 Å². The van der Waals surface area contributed by atoms with E-state index in [4.69, 9.17) is 4.74 Å². The summed E-state index contributed by atoms with van der Waals surface area (Å²) in [7, 11) is 3.94. The van der Waals surface area contributed by atoms with Crippen LogP contribution in [0.3, 0.4) is 0 Å². The molecule has 1 aliphatic rings. The highest BCUT2D eigenvalue weighted by Crippen LogP contribution is 2.30. The van der Waals surface area contributed by atoms with E-state index >= 15 is 0 Å². The number of nitrogens with one attached hydrogen (secondary N) is 1. The Hall–Kier alpha value is -2.54. The Kier molecular flexibility index (Phi) is 3.96. The first-order valence-corrected chi connectivity index (χ1v) is 7.41. The second kappa shape index (κ2) is 5.92. The van der Waals surface area contributed by atoms with Gasteiger partial charge in [0.05, 0.1) is 5.52 Å². The number of aromatic hydroxyl groups is 1. The molecular weight excluding hydrogens is 298 g/mol. The summed E-state index contributed by atoms with van der Waals surface area (Å²) >= 11 is 0. The summed E-state index contributed by atoms with van der Waals surface area (Å²) in [5.74, 6) is -0.128. The van der Waals surface area contributed by atoms with Gasteiger partial charge < -0.3 is 20.1 Å². The van der Waals surface area contributed by atoms with Crippen LogP contribution >= 0.6 is 0 Å². The number of ether oxygens (including phenoxy) is 1. The van der Waals surface area contributed by atoms with Crippen LogP contribution in [0.2, 0.25) is 0 Å². The lowest BCUT2D eigenvalue weighted by molar-refractivity contribution is 0.0867. The van der Waals surface area contributed by atoms with Crippen LogP contribution in [0.4, 0.5) is 4.79 Å². The maximum absolute atomic E-state index is 12.6. The largest absolute Gasteiger partial charge is 0.507 e. The van der Waals surface area contributed by atoms with Gasteiger partial charge in [-0.05, 0) is 38.2 Å². The van der Waals surface area contributed by atoms with Crippen LogP contribution in [-0.2, 0) is 11.2 Å². The Morgan fingerprint density at radius 3 is 2.91 bits per heavy atom. The first-order valence-electron chi connectivity index (χ1n) is 7.41. The van der Waals surface area contributed by atoms with Gasteiger partial charge in [-0.15, -0.1) is 0 Å². The van der Waals surface area contributed by atoms with Crippen molar-refractivity contribution in [2.45, 2.75) is 12.5 Å². The normalized spacial score (nSPS) is 17.5. The van der Waals surface area contributed by atoms with E-state index in [-0.39, 0.29) is 18.3 Å². The summed E-state index contributed by atoms with van der Waals surface area (Å²) in [5, 5.41) is 13.3. The second-order valence-electron chi connectivity index (χ2n) is 5.88. The molecule has 1 saturated heterocycles. The zero-order chi connectivity index (χ0) is 16.6. The number of rotatable bonds is 4. The molecule has 1 fully saturated rings. The number of cyclic esters (lactones) is 1. The predicted molar refractivity (Wildman–Crippen MR) is 84.8 cm³/mol. The molecule has 0 bridgehead atoms. The molecule has 1 unspecified atom stereocenters. The van der Waals surface area contributed by atoms with Crippen LogP contribution in [0, 0.1) is 0 Å². The van der Waals surface area contributed by atoms with Gasteiger partial charge in [0, 0.05) is 18.1 Å². The number of aromatic nitrogens is 1. The molecule has 1 amide bonds. The summed E-state index contributed by atoms with van der Waals surface area (Å²) in [5.41, 5.74) is 1.52. The van der Waals surface area contributed by atoms with E-state index in [2.05, 4.69) is 5.32 Å². The number of amides is 1. The molecular formula is C16H19N3O4. The molecule has 1 aliphatic heterocycles. The van der Waals surface area contributed by atoms with E-state index in [1.54, 1.807) is 24.4 Å². The average Bonchev–Trinajstić information content (AvgIpc) is 3.09. The van der Waals surface area contributed by atoms with Crippen molar-refractivity contribution in [2.75, 3.05) is 27.2 Å². The summed E-state index contributed by atoms with van der Waals surface area (Å²) in [6.45, 7) is 0.814. The van der Waals surface area contributed by atoms with Crippen molar-refractivity contribution in [3.8, 4) is 5.75 Å². The number of hydrogen-bond donors (Lipinski definition) is 2. The molecule has 2 N–H and O–H groups in total. The van der Waals surface area contributed by atoms with Crippen molar-refractivity contribution in [3.63, 3.8) is 0 Å². The lowest BCUT2D eigenvalue weighted by atomic mass is 10.1. The Bertz CT molecular complexity index is 766. The maximum atomic E-state index is 12.6. The fourth-order valence-corrected chi connectivity index (χ4v) is 2.75. The van der Waals surface area contributed by atoms with Gasteiger partial charge in [-0.25, -0.2) is 4.79 Å². The maximum Gasteiger partial charge on any atom is 0.407 e. The van der Waals surface area contributed by atoms with Gasteiger partial charge in [0.2, 0.25) is 0 Å². The van der Waals surface area contributed by atoms with E-state index in [0.29, 0.717) is 17.3 Å². The van der Waals surface area contributed by atoms with E-state index in [1.807, 2.05) is 19.0 Å². The molecule has 1 aromatic carbocycles. The molecule has 7 heteroatoms. The molecule has 2 aromatic rings. The Balaban J connectivity index is 2.01. The standard InChI is InChI=1S/C16H19N3O4/c1-18(2)7-6-10-8-19(12-4-3-5-13(20)14(10)12)15(21)11-9-23-16(22)17-11/h3-5,8,11,20H,6-7,9H2,1-2H3,(H,17,22). The molecule has 2 heterocycles.